The first-order chi connectivity index (χ1) is 13.7. The van der Waals surface area contributed by atoms with Gasteiger partial charge in [0.1, 0.15) is 0 Å². The van der Waals surface area contributed by atoms with Gasteiger partial charge in [-0.05, 0) is 49.1 Å². The average molecular weight is 377 g/mol. The number of aromatic nitrogens is 2. The van der Waals surface area contributed by atoms with E-state index in [1.165, 1.54) is 18.4 Å². The number of nitrogens with zero attached hydrogens (tertiary/aromatic N) is 3. The van der Waals surface area contributed by atoms with Crippen molar-refractivity contribution in [1.29, 1.82) is 0 Å². The Balaban J connectivity index is 1.34. The summed E-state index contributed by atoms with van der Waals surface area (Å²) in [6.45, 7) is 6.81. The first kappa shape index (κ1) is 18.7. The van der Waals surface area contributed by atoms with Gasteiger partial charge in [0.25, 0.3) is 5.91 Å². The Labute approximate surface area is 166 Å². The molecule has 0 unspecified atom stereocenters. The number of aryl methyl sites for hydroxylation is 1. The van der Waals surface area contributed by atoms with E-state index in [1.807, 2.05) is 53.3 Å². The lowest BCUT2D eigenvalue weighted by atomic mass is 9.97. The van der Waals surface area contributed by atoms with Crippen LogP contribution in [0.4, 0.5) is 0 Å². The molecule has 1 aliphatic heterocycles. The van der Waals surface area contributed by atoms with Gasteiger partial charge >= 0.3 is 0 Å². The molecule has 146 valence electrons. The Kier molecular flexibility index (Phi) is 5.72. The third-order valence-electron chi connectivity index (χ3n) is 5.61. The lowest BCUT2D eigenvalue weighted by Gasteiger charge is -2.32. The molecule has 0 aliphatic carbocycles. The fourth-order valence-electron chi connectivity index (χ4n) is 4.14. The molecule has 1 aliphatic rings. The van der Waals surface area contributed by atoms with Crippen LogP contribution in [0.2, 0.25) is 0 Å². The topological polar surface area (TPSA) is 50.2 Å². The molecule has 1 N–H and O–H groups in total. The van der Waals surface area contributed by atoms with Crippen molar-refractivity contribution >= 4 is 16.7 Å². The summed E-state index contributed by atoms with van der Waals surface area (Å²) in [5, 5.41) is 9.66. The van der Waals surface area contributed by atoms with Crippen molar-refractivity contribution in [1.82, 2.24) is 20.0 Å². The summed E-state index contributed by atoms with van der Waals surface area (Å²) in [6, 6.07) is 14.0. The van der Waals surface area contributed by atoms with Gasteiger partial charge in [-0.15, -0.1) is 0 Å². The lowest BCUT2D eigenvalue weighted by Crippen LogP contribution is -2.40. The van der Waals surface area contributed by atoms with E-state index in [0.29, 0.717) is 5.92 Å². The fourth-order valence-corrected chi connectivity index (χ4v) is 4.14. The summed E-state index contributed by atoms with van der Waals surface area (Å²) in [7, 11) is 0. The van der Waals surface area contributed by atoms with Gasteiger partial charge in [-0.1, -0.05) is 36.4 Å². The molecule has 0 spiro atoms. The maximum Gasteiger partial charge on any atom is 0.251 e. The zero-order chi connectivity index (χ0) is 19.3. The second-order valence-corrected chi connectivity index (χ2v) is 7.68. The molecule has 0 saturated carbocycles. The Hall–Kier alpha value is -2.66. The number of fused-ring (bicyclic) bond motifs is 1. The molecule has 5 nitrogen and oxygen atoms in total. The number of carbonyl (C=O) groups excluding carboxylic acids is 1. The van der Waals surface area contributed by atoms with Crippen molar-refractivity contribution in [2.24, 2.45) is 5.92 Å². The Morgan fingerprint density at radius 1 is 1.21 bits per heavy atom. The highest BCUT2D eigenvalue weighted by Crippen LogP contribution is 2.20. The van der Waals surface area contributed by atoms with E-state index in [4.69, 9.17) is 0 Å². The molecule has 1 saturated heterocycles. The number of hydrogen-bond acceptors (Lipinski definition) is 3. The minimum atomic E-state index is 0.0261. The Morgan fingerprint density at radius 2 is 2.07 bits per heavy atom. The van der Waals surface area contributed by atoms with Crippen LogP contribution in [0.1, 0.15) is 35.7 Å². The van der Waals surface area contributed by atoms with Crippen LogP contribution in [0.5, 0.6) is 0 Å². The standard InChI is InChI=1S/C23H28N4O/c1-2-27-17-19(14-25-27)16-26-12-6-7-18(15-26)13-24-23(28)22-11-5-9-20-8-3-4-10-21(20)22/h3-5,8-11,14,17-18H,2,6-7,12-13,15-16H2,1H3,(H,24,28)/t18-/m1/s1. The summed E-state index contributed by atoms with van der Waals surface area (Å²) in [6.07, 6.45) is 6.44. The fraction of sp³-hybridized carbons (Fsp3) is 0.391. The zero-order valence-electron chi connectivity index (χ0n) is 16.5. The highest BCUT2D eigenvalue weighted by atomic mass is 16.1. The Bertz CT molecular complexity index is 943. The van der Waals surface area contributed by atoms with Gasteiger partial charge in [-0.3, -0.25) is 14.4 Å². The van der Waals surface area contributed by atoms with E-state index >= 15 is 0 Å². The second-order valence-electron chi connectivity index (χ2n) is 7.68. The van der Waals surface area contributed by atoms with Crippen LogP contribution in [0, 0.1) is 5.92 Å². The van der Waals surface area contributed by atoms with Crippen molar-refractivity contribution in [2.45, 2.75) is 32.9 Å². The van der Waals surface area contributed by atoms with Crippen LogP contribution < -0.4 is 5.32 Å². The SMILES string of the molecule is CCn1cc(CN2CCC[C@H](CNC(=O)c3cccc4ccccc34)C2)cn1. The van der Waals surface area contributed by atoms with Gasteiger partial charge in [0.2, 0.25) is 0 Å². The smallest absolute Gasteiger partial charge is 0.251 e. The van der Waals surface area contributed by atoms with Crippen LogP contribution >= 0.6 is 0 Å². The summed E-state index contributed by atoms with van der Waals surface area (Å²) in [4.78, 5) is 15.3. The normalized spacial score (nSPS) is 17.7. The van der Waals surface area contributed by atoms with Crippen LogP contribution in [0.3, 0.4) is 0 Å². The molecule has 1 amide bonds. The minimum Gasteiger partial charge on any atom is -0.352 e. The number of benzene rings is 2. The van der Waals surface area contributed by atoms with Crippen molar-refractivity contribution in [3.8, 4) is 0 Å². The van der Waals surface area contributed by atoms with Crippen molar-refractivity contribution < 1.29 is 4.79 Å². The number of likely N-dealkylation sites (tertiary alicyclic amines) is 1. The number of nitrogens with one attached hydrogen (secondary N) is 1. The maximum absolute atomic E-state index is 12.8. The van der Waals surface area contributed by atoms with E-state index in [2.05, 4.69) is 28.4 Å². The molecule has 0 bridgehead atoms. The van der Waals surface area contributed by atoms with E-state index in [1.54, 1.807) is 0 Å². The third-order valence-corrected chi connectivity index (χ3v) is 5.61. The van der Waals surface area contributed by atoms with Crippen molar-refractivity contribution in [3.05, 3.63) is 66.0 Å². The van der Waals surface area contributed by atoms with E-state index in [-0.39, 0.29) is 5.91 Å². The second kappa shape index (κ2) is 8.57. The van der Waals surface area contributed by atoms with Crippen LogP contribution in [0.15, 0.2) is 54.9 Å². The van der Waals surface area contributed by atoms with Gasteiger partial charge < -0.3 is 5.32 Å². The molecule has 3 aromatic rings. The van der Waals surface area contributed by atoms with Gasteiger partial charge in [0, 0.05) is 43.5 Å². The summed E-state index contributed by atoms with van der Waals surface area (Å²) in [5.74, 6) is 0.520. The highest BCUT2D eigenvalue weighted by Gasteiger charge is 2.21. The molecule has 2 aromatic carbocycles. The predicted octanol–water partition coefficient (Wildman–Crippen LogP) is 3.70. The van der Waals surface area contributed by atoms with Crippen LogP contribution in [-0.2, 0) is 13.1 Å². The molecule has 1 aromatic heterocycles. The number of carbonyl (C=O) groups is 1. The van der Waals surface area contributed by atoms with Gasteiger partial charge in [0.15, 0.2) is 0 Å². The van der Waals surface area contributed by atoms with Crippen molar-refractivity contribution in [3.63, 3.8) is 0 Å². The molecule has 28 heavy (non-hydrogen) atoms. The predicted molar refractivity (Wildman–Crippen MR) is 112 cm³/mol. The first-order valence-corrected chi connectivity index (χ1v) is 10.2. The summed E-state index contributed by atoms with van der Waals surface area (Å²) in [5.41, 5.74) is 2.03. The molecule has 1 atom stereocenters. The molecule has 4 rings (SSSR count). The average Bonchev–Trinajstić information content (AvgIpc) is 3.19. The monoisotopic (exact) mass is 376 g/mol. The number of rotatable bonds is 6. The molecular formula is C23H28N4O. The van der Waals surface area contributed by atoms with Gasteiger partial charge in [-0.25, -0.2) is 0 Å². The largest absolute Gasteiger partial charge is 0.352 e. The van der Waals surface area contributed by atoms with E-state index in [0.717, 1.165) is 49.1 Å². The molecule has 2 heterocycles. The van der Waals surface area contributed by atoms with E-state index in [9.17, 15) is 4.79 Å². The van der Waals surface area contributed by atoms with Crippen LogP contribution in [0.25, 0.3) is 10.8 Å². The summed E-state index contributed by atoms with van der Waals surface area (Å²) >= 11 is 0. The third kappa shape index (κ3) is 4.25. The molecule has 5 heteroatoms. The summed E-state index contributed by atoms with van der Waals surface area (Å²) < 4.78 is 1.97. The van der Waals surface area contributed by atoms with Crippen LogP contribution in [-0.4, -0.2) is 40.2 Å². The molecule has 0 radical (unpaired) electrons. The maximum atomic E-state index is 12.8. The molecule has 1 fully saturated rings. The number of piperidine rings is 1. The highest BCUT2D eigenvalue weighted by molar-refractivity contribution is 6.06. The molecular weight excluding hydrogens is 348 g/mol. The minimum absolute atomic E-state index is 0.0261. The lowest BCUT2D eigenvalue weighted by molar-refractivity contribution is 0.0932. The number of hydrogen-bond donors (Lipinski definition) is 1. The first-order valence-electron chi connectivity index (χ1n) is 10.2. The zero-order valence-corrected chi connectivity index (χ0v) is 16.5. The number of amides is 1. The Morgan fingerprint density at radius 3 is 2.93 bits per heavy atom. The van der Waals surface area contributed by atoms with Gasteiger partial charge in [-0.2, -0.15) is 5.10 Å². The van der Waals surface area contributed by atoms with Crippen molar-refractivity contribution in [2.75, 3.05) is 19.6 Å². The van der Waals surface area contributed by atoms with E-state index < -0.39 is 0 Å². The quantitative estimate of drug-likeness (QED) is 0.714. The van der Waals surface area contributed by atoms with Gasteiger partial charge in [0.05, 0.1) is 6.20 Å².